The first-order valence-corrected chi connectivity index (χ1v) is 6.27. The molecule has 4 nitrogen and oxygen atoms in total. The molecule has 1 aromatic carbocycles. The van der Waals surface area contributed by atoms with Crippen molar-refractivity contribution in [1.29, 1.82) is 0 Å². The van der Waals surface area contributed by atoms with Gasteiger partial charge in [0.1, 0.15) is 5.75 Å². The minimum Gasteiger partial charge on any atom is -0.772 e. The molecule has 90 valence electrons. The van der Waals surface area contributed by atoms with Gasteiger partial charge in [-0.3, -0.25) is 4.21 Å². The van der Waals surface area contributed by atoms with Crippen molar-refractivity contribution in [1.82, 2.24) is 0 Å². The van der Waals surface area contributed by atoms with Gasteiger partial charge in [-0.2, -0.15) is 0 Å². The molecule has 0 aromatic heterocycles. The molecule has 0 aliphatic heterocycles. The van der Waals surface area contributed by atoms with Crippen LogP contribution in [0.1, 0.15) is 18.9 Å². The molecule has 1 rings (SSSR count). The van der Waals surface area contributed by atoms with E-state index < -0.39 is 11.1 Å². The van der Waals surface area contributed by atoms with Gasteiger partial charge in [0.2, 0.25) is 0 Å². The Morgan fingerprint density at radius 3 is 2.94 bits per heavy atom. The lowest BCUT2D eigenvalue weighted by Gasteiger charge is -2.15. The summed E-state index contributed by atoms with van der Waals surface area (Å²) in [6, 6.07) is 7.48. The molecule has 0 amide bonds. The SMILES string of the molecule is CC(CCOc1cccc(CN)c1)S(=O)[O-]. The summed E-state index contributed by atoms with van der Waals surface area (Å²) in [5.74, 6) is 0.729. The molecule has 0 aliphatic rings. The normalized spacial score (nSPS) is 14.4. The highest BCUT2D eigenvalue weighted by Crippen LogP contribution is 2.13. The summed E-state index contributed by atoms with van der Waals surface area (Å²) in [5, 5.41) is -0.377. The molecule has 16 heavy (non-hydrogen) atoms. The molecular formula is C11H16NO3S-. The van der Waals surface area contributed by atoms with E-state index in [9.17, 15) is 8.76 Å². The molecule has 0 saturated heterocycles. The summed E-state index contributed by atoms with van der Waals surface area (Å²) in [4.78, 5) is 0. The second kappa shape index (κ2) is 6.62. The second-order valence-corrected chi connectivity index (χ2v) is 4.89. The third kappa shape index (κ3) is 4.30. The lowest BCUT2D eigenvalue weighted by Crippen LogP contribution is -2.14. The highest BCUT2D eigenvalue weighted by Gasteiger charge is 2.02. The quantitative estimate of drug-likeness (QED) is 0.760. The van der Waals surface area contributed by atoms with Gasteiger partial charge in [0.05, 0.1) is 6.61 Å². The first-order valence-electron chi connectivity index (χ1n) is 5.13. The molecule has 2 atom stereocenters. The van der Waals surface area contributed by atoms with Crippen LogP contribution in [0.15, 0.2) is 24.3 Å². The van der Waals surface area contributed by atoms with Crippen molar-refractivity contribution in [3.63, 3.8) is 0 Å². The molecule has 0 spiro atoms. The number of hydrogen-bond acceptors (Lipinski definition) is 4. The largest absolute Gasteiger partial charge is 0.772 e. The lowest BCUT2D eigenvalue weighted by atomic mass is 10.2. The Bertz CT molecular complexity index is 357. The highest BCUT2D eigenvalue weighted by atomic mass is 32.2. The Morgan fingerprint density at radius 2 is 2.31 bits per heavy atom. The van der Waals surface area contributed by atoms with E-state index in [1.54, 1.807) is 6.92 Å². The lowest BCUT2D eigenvalue weighted by molar-refractivity contribution is 0.308. The van der Waals surface area contributed by atoms with Crippen LogP contribution in [0.3, 0.4) is 0 Å². The fourth-order valence-electron chi connectivity index (χ4n) is 1.20. The average molecular weight is 242 g/mol. The van der Waals surface area contributed by atoms with Crippen molar-refractivity contribution in [2.75, 3.05) is 6.61 Å². The fraction of sp³-hybridized carbons (Fsp3) is 0.455. The molecule has 0 radical (unpaired) electrons. The van der Waals surface area contributed by atoms with Crippen LogP contribution in [0.25, 0.3) is 0 Å². The van der Waals surface area contributed by atoms with Crippen LogP contribution in [0.4, 0.5) is 0 Å². The molecule has 0 saturated carbocycles. The zero-order valence-corrected chi connectivity index (χ0v) is 10.0. The van der Waals surface area contributed by atoms with Crippen LogP contribution in [0.2, 0.25) is 0 Å². The van der Waals surface area contributed by atoms with Crippen molar-refractivity contribution < 1.29 is 13.5 Å². The van der Waals surface area contributed by atoms with E-state index in [0.29, 0.717) is 19.6 Å². The third-order valence-electron chi connectivity index (χ3n) is 2.26. The van der Waals surface area contributed by atoms with Gasteiger partial charge < -0.3 is 15.0 Å². The zero-order valence-electron chi connectivity index (χ0n) is 9.22. The smallest absolute Gasteiger partial charge is 0.119 e. The maximum atomic E-state index is 10.6. The minimum atomic E-state index is -2.02. The van der Waals surface area contributed by atoms with E-state index >= 15 is 0 Å². The number of nitrogens with two attached hydrogens (primary N) is 1. The minimum absolute atomic E-state index is 0.377. The predicted molar refractivity (Wildman–Crippen MR) is 62.8 cm³/mol. The molecule has 2 unspecified atom stereocenters. The van der Waals surface area contributed by atoms with Crippen LogP contribution >= 0.6 is 0 Å². The van der Waals surface area contributed by atoms with Crippen molar-refractivity contribution in [2.24, 2.45) is 5.73 Å². The van der Waals surface area contributed by atoms with Crippen molar-refractivity contribution in [3.05, 3.63) is 29.8 Å². The molecular weight excluding hydrogens is 226 g/mol. The van der Waals surface area contributed by atoms with Gasteiger partial charge in [-0.25, -0.2) is 0 Å². The maximum Gasteiger partial charge on any atom is 0.119 e. The Morgan fingerprint density at radius 1 is 1.56 bits per heavy atom. The van der Waals surface area contributed by atoms with Crippen LogP contribution < -0.4 is 10.5 Å². The van der Waals surface area contributed by atoms with Gasteiger partial charge in [0, 0.05) is 11.8 Å². The van der Waals surface area contributed by atoms with E-state index in [4.69, 9.17) is 10.5 Å². The summed E-state index contributed by atoms with van der Waals surface area (Å²) in [6.45, 7) is 2.52. The first kappa shape index (κ1) is 13.2. The Hall–Kier alpha value is -0.910. The monoisotopic (exact) mass is 242 g/mol. The number of hydrogen-bond donors (Lipinski definition) is 1. The topological polar surface area (TPSA) is 75.4 Å². The third-order valence-corrected chi connectivity index (χ3v) is 3.15. The average Bonchev–Trinajstić information content (AvgIpc) is 2.29. The highest BCUT2D eigenvalue weighted by molar-refractivity contribution is 7.79. The summed E-state index contributed by atoms with van der Waals surface area (Å²) >= 11 is -2.02. The molecule has 2 N–H and O–H groups in total. The Balaban J connectivity index is 2.39. The molecule has 1 aromatic rings. The summed E-state index contributed by atoms with van der Waals surface area (Å²) in [5.41, 5.74) is 6.50. The second-order valence-electron chi connectivity index (χ2n) is 3.56. The zero-order chi connectivity index (χ0) is 12.0. The predicted octanol–water partition coefficient (Wildman–Crippen LogP) is 1.18. The van der Waals surface area contributed by atoms with E-state index in [0.717, 1.165) is 11.3 Å². The van der Waals surface area contributed by atoms with Crippen molar-refractivity contribution in [3.8, 4) is 5.75 Å². The molecule has 0 heterocycles. The van der Waals surface area contributed by atoms with E-state index in [-0.39, 0.29) is 5.25 Å². The molecule has 5 heteroatoms. The maximum absolute atomic E-state index is 10.6. The van der Waals surface area contributed by atoms with Crippen LogP contribution in [-0.2, 0) is 17.6 Å². The van der Waals surface area contributed by atoms with Crippen LogP contribution in [-0.4, -0.2) is 20.6 Å². The fourth-order valence-corrected chi connectivity index (χ4v) is 1.49. The Labute approximate surface area is 98.1 Å². The number of ether oxygens (including phenoxy) is 1. The van der Waals surface area contributed by atoms with E-state index in [1.807, 2.05) is 24.3 Å². The van der Waals surface area contributed by atoms with Gasteiger partial charge in [-0.15, -0.1) is 0 Å². The summed E-state index contributed by atoms with van der Waals surface area (Å²) in [7, 11) is 0. The van der Waals surface area contributed by atoms with E-state index in [1.165, 1.54) is 0 Å². The molecule has 0 aliphatic carbocycles. The van der Waals surface area contributed by atoms with Gasteiger partial charge in [0.25, 0.3) is 0 Å². The van der Waals surface area contributed by atoms with E-state index in [2.05, 4.69) is 0 Å². The number of rotatable bonds is 6. The Kier molecular flexibility index (Phi) is 5.45. The van der Waals surface area contributed by atoms with Gasteiger partial charge in [0.15, 0.2) is 0 Å². The molecule has 0 bridgehead atoms. The molecule has 0 fully saturated rings. The standard InChI is InChI=1S/C11H17NO3S/c1-9(16(13)14)5-6-15-11-4-2-3-10(7-11)8-12/h2-4,7,9H,5-6,8,12H2,1H3,(H,13,14)/p-1. The summed E-state index contributed by atoms with van der Waals surface area (Å²) in [6.07, 6.45) is 0.489. The van der Waals surface area contributed by atoms with Crippen LogP contribution in [0, 0.1) is 0 Å². The number of benzene rings is 1. The van der Waals surface area contributed by atoms with Gasteiger partial charge in [-0.05, 0) is 24.1 Å². The van der Waals surface area contributed by atoms with Gasteiger partial charge >= 0.3 is 0 Å². The van der Waals surface area contributed by atoms with Gasteiger partial charge in [-0.1, -0.05) is 30.1 Å². The van der Waals surface area contributed by atoms with Crippen molar-refractivity contribution in [2.45, 2.75) is 25.1 Å². The summed E-state index contributed by atoms with van der Waals surface area (Å²) < 4.78 is 26.6. The first-order chi connectivity index (χ1) is 7.63. The van der Waals surface area contributed by atoms with Crippen LogP contribution in [0.5, 0.6) is 5.75 Å². The van der Waals surface area contributed by atoms with Crippen molar-refractivity contribution >= 4 is 11.1 Å².